The van der Waals surface area contributed by atoms with Gasteiger partial charge in [-0.2, -0.15) is 4.31 Å². The lowest BCUT2D eigenvalue weighted by Crippen LogP contribution is -2.42. The average molecular weight is 464 g/mol. The third kappa shape index (κ3) is 5.53. The summed E-state index contributed by atoms with van der Waals surface area (Å²) in [6.45, 7) is 8.95. The van der Waals surface area contributed by atoms with E-state index in [0.29, 0.717) is 18.0 Å². The van der Waals surface area contributed by atoms with Gasteiger partial charge in [0.05, 0.1) is 18.1 Å². The Kier molecular flexibility index (Phi) is 7.87. The molecule has 3 aliphatic rings. The number of sulfonamides is 1. The summed E-state index contributed by atoms with van der Waals surface area (Å²) in [5.74, 6) is 0.674. The van der Waals surface area contributed by atoms with Gasteiger partial charge in [-0.1, -0.05) is 6.42 Å². The number of likely N-dealkylation sites (tertiary alicyclic amines) is 1. The number of nitrogens with zero attached hydrogens (tertiary/aromatic N) is 3. The normalized spacial score (nSPS) is 24.5. The van der Waals surface area contributed by atoms with E-state index in [1.807, 2.05) is 11.8 Å². The number of benzene rings is 1. The number of morpholine rings is 1. The lowest BCUT2D eigenvalue weighted by Gasteiger charge is -2.34. The number of ether oxygens (including phenoxy) is 1. The van der Waals surface area contributed by atoms with E-state index in [4.69, 9.17) is 4.74 Å². The topological polar surface area (TPSA) is 70.2 Å². The number of amides is 1. The molecule has 0 aliphatic carbocycles. The van der Waals surface area contributed by atoms with E-state index in [0.717, 1.165) is 78.0 Å². The van der Waals surface area contributed by atoms with E-state index in [9.17, 15) is 13.2 Å². The van der Waals surface area contributed by atoms with Crippen molar-refractivity contribution in [3.05, 3.63) is 29.8 Å². The molecular weight excluding hydrogens is 426 g/mol. The highest BCUT2D eigenvalue weighted by atomic mass is 32.2. The van der Waals surface area contributed by atoms with Crippen molar-refractivity contribution in [2.75, 3.05) is 52.5 Å². The van der Waals surface area contributed by atoms with Crippen molar-refractivity contribution in [3.8, 4) is 0 Å². The smallest absolute Gasteiger partial charge is 0.253 e. The molecule has 4 rings (SSSR count). The molecule has 8 heteroatoms. The molecule has 0 spiro atoms. The van der Waals surface area contributed by atoms with E-state index in [-0.39, 0.29) is 16.8 Å². The predicted molar refractivity (Wildman–Crippen MR) is 124 cm³/mol. The first-order chi connectivity index (χ1) is 15.4. The maximum absolute atomic E-state index is 13.0. The second kappa shape index (κ2) is 10.6. The standard InChI is InChI=1S/C24H37N3O4S/c1-20-4-2-3-12-27(20)32(29,30)23-7-5-22(6-8-23)24(28)26-14-10-21(11-15-26)9-13-25-16-18-31-19-17-25/h5-8,20-21H,2-4,9-19H2,1H3. The van der Waals surface area contributed by atoms with Gasteiger partial charge in [0, 0.05) is 44.3 Å². The Morgan fingerprint density at radius 2 is 1.66 bits per heavy atom. The van der Waals surface area contributed by atoms with Crippen LogP contribution in [0.25, 0.3) is 0 Å². The third-order valence-electron chi connectivity index (χ3n) is 7.31. The zero-order valence-corrected chi connectivity index (χ0v) is 20.1. The molecule has 3 fully saturated rings. The molecule has 1 aromatic rings. The van der Waals surface area contributed by atoms with Crippen molar-refractivity contribution in [1.29, 1.82) is 0 Å². The summed E-state index contributed by atoms with van der Waals surface area (Å²) in [4.78, 5) is 17.6. The average Bonchev–Trinajstić information content (AvgIpc) is 2.83. The van der Waals surface area contributed by atoms with Crippen LogP contribution in [0.3, 0.4) is 0 Å². The number of carbonyl (C=O) groups is 1. The zero-order valence-electron chi connectivity index (χ0n) is 19.2. The first kappa shape index (κ1) is 23.7. The molecule has 1 atom stereocenters. The van der Waals surface area contributed by atoms with Gasteiger partial charge >= 0.3 is 0 Å². The van der Waals surface area contributed by atoms with Crippen molar-refractivity contribution in [2.24, 2.45) is 5.92 Å². The van der Waals surface area contributed by atoms with Crippen LogP contribution in [-0.4, -0.2) is 87.0 Å². The lowest BCUT2D eigenvalue weighted by molar-refractivity contribution is 0.0332. The number of piperidine rings is 2. The van der Waals surface area contributed by atoms with Crippen LogP contribution in [-0.2, 0) is 14.8 Å². The van der Waals surface area contributed by atoms with Crippen LogP contribution in [0.5, 0.6) is 0 Å². The van der Waals surface area contributed by atoms with Crippen molar-refractivity contribution in [3.63, 3.8) is 0 Å². The van der Waals surface area contributed by atoms with E-state index in [1.54, 1.807) is 28.6 Å². The molecule has 1 aromatic carbocycles. The number of rotatable bonds is 6. The molecule has 0 radical (unpaired) electrons. The van der Waals surface area contributed by atoms with E-state index in [1.165, 1.54) is 6.42 Å². The molecule has 7 nitrogen and oxygen atoms in total. The minimum atomic E-state index is -3.50. The molecule has 32 heavy (non-hydrogen) atoms. The third-order valence-corrected chi connectivity index (χ3v) is 9.34. The predicted octanol–water partition coefficient (Wildman–Crippen LogP) is 2.82. The molecule has 178 valence electrons. The van der Waals surface area contributed by atoms with Crippen LogP contribution in [0.1, 0.15) is 55.8 Å². The van der Waals surface area contributed by atoms with Crippen LogP contribution in [0.2, 0.25) is 0 Å². The second-order valence-corrected chi connectivity index (χ2v) is 11.4. The van der Waals surface area contributed by atoms with Gasteiger partial charge in [-0.15, -0.1) is 0 Å². The summed E-state index contributed by atoms with van der Waals surface area (Å²) in [6.07, 6.45) is 6.14. The summed E-state index contributed by atoms with van der Waals surface area (Å²) in [5, 5.41) is 0. The molecular formula is C24H37N3O4S. The Morgan fingerprint density at radius 3 is 2.31 bits per heavy atom. The summed E-state index contributed by atoms with van der Waals surface area (Å²) in [6, 6.07) is 6.57. The summed E-state index contributed by atoms with van der Waals surface area (Å²) in [7, 11) is -3.50. The largest absolute Gasteiger partial charge is 0.379 e. The molecule has 1 amide bonds. The second-order valence-electron chi connectivity index (χ2n) is 9.46. The summed E-state index contributed by atoms with van der Waals surface area (Å²) in [5.41, 5.74) is 0.572. The molecule has 3 saturated heterocycles. The van der Waals surface area contributed by atoms with Gasteiger partial charge in [-0.25, -0.2) is 8.42 Å². The molecule has 0 aromatic heterocycles. The first-order valence-corrected chi connectivity index (χ1v) is 13.6. The number of hydrogen-bond donors (Lipinski definition) is 0. The van der Waals surface area contributed by atoms with Gasteiger partial charge in [0.15, 0.2) is 0 Å². The van der Waals surface area contributed by atoms with Gasteiger partial charge in [-0.3, -0.25) is 9.69 Å². The minimum Gasteiger partial charge on any atom is -0.379 e. The van der Waals surface area contributed by atoms with Crippen LogP contribution in [0.4, 0.5) is 0 Å². The monoisotopic (exact) mass is 463 g/mol. The SMILES string of the molecule is CC1CCCCN1S(=O)(=O)c1ccc(C(=O)N2CCC(CCN3CCOCC3)CC2)cc1. The summed E-state index contributed by atoms with van der Waals surface area (Å²) >= 11 is 0. The maximum atomic E-state index is 13.0. The van der Waals surface area contributed by atoms with Crippen LogP contribution in [0, 0.1) is 5.92 Å². The fraction of sp³-hybridized carbons (Fsp3) is 0.708. The van der Waals surface area contributed by atoms with E-state index in [2.05, 4.69) is 4.90 Å². The fourth-order valence-corrected chi connectivity index (χ4v) is 6.83. The summed E-state index contributed by atoms with van der Waals surface area (Å²) < 4.78 is 33.0. The van der Waals surface area contributed by atoms with Gasteiger partial charge in [0.2, 0.25) is 10.0 Å². The van der Waals surface area contributed by atoms with E-state index < -0.39 is 10.0 Å². The zero-order chi connectivity index (χ0) is 22.6. The van der Waals surface area contributed by atoms with Crippen molar-refractivity contribution in [1.82, 2.24) is 14.1 Å². The van der Waals surface area contributed by atoms with Gasteiger partial charge < -0.3 is 9.64 Å². The van der Waals surface area contributed by atoms with Crippen LogP contribution in [0.15, 0.2) is 29.2 Å². The van der Waals surface area contributed by atoms with E-state index >= 15 is 0 Å². The maximum Gasteiger partial charge on any atom is 0.253 e. The molecule has 0 saturated carbocycles. The number of hydrogen-bond acceptors (Lipinski definition) is 5. The van der Waals surface area contributed by atoms with Crippen molar-refractivity contribution in [2.45, 2.75) is 56.4 Å². The van der Waals surface area contributed by atoms with Crippen LogP contribution >= 0.6 is 0 Å². The quantitative estimate of drug-likeness (QED) is 0.649. The van der Waals surface area contributed by atoms with Gasteiger partial charge in [0.25, 0.3) is 5.91 Å². The Morgan fingerprint density at radius 1 is 0.969 bits per heavy atom. The lowest BCUT2D eigenvalue weighted by atomic mass is 9.93. The van der Waals surface area contributed by atoms with Crippen molar-refractivity contribution >= 4 is 15.9 Å². The Labute approximate surface area is 192 Å². The first-order valence-electron chi connectivity index (χ1n) is 12.2. The highest BCUT2D eigenvalue weighted by Crippen LogP contribution is 2.26. The molecule has 3 aliphatic heterocycles. The highest BCUT2D eigenvalue weighted by Gasteiger charge is 2.31. The molecule has 0 N–H and O–H groups in total. The Hall–Kier alpha value is -1.48. The van der Waals surface area contributed by atoms with Crippen molar-refractivity contribution < 1.29 is 17.9 Å². The molecule has 1 unspecified atom stereocenters. The highest BCUT2D eigenvalue weighted by molar-refractivity contribution is 7.89. The van der Waals surface area contributed by atoms with Gasteiger partial charge in [-0.05, 0) is 75.8 Å². The molecule has 3 heterocycles. The fourth-order valence-electron chi connectivity index (χ4n) is 5.13. The Bertz CT molecular complexity index is 860. The number of carbonyl (C=O) groups excluding carboxylic acids is 1. The minimum absolute atomic E-state index is 0.00641. The Balaban J connectivity index is 1.29. The van der Waals surface area contributed by atoms with Crippen LogP contribution < -0.4 is 0 Å². The van der Waals surface area contributed by atoms with Gasteiger partial charge in [0.1, 0.15) is 0 Å². The molecule has 0 bridgehead atoms.